The molecule has 1 fully saturated rings. The number of hydrogen-bond acceptors (Lipinski definition) is 6. The molecular weight excluding hydrogens is 419 g/mol. The quantitative estimate of drug-likeness (QED) is 0.689. The van der Waals surface area contributed by atoms with Crippen LogP contribution in [-0.4, -0.2) is 37.7 Å². The minimum absolute atomic E-state index is 0.277. The fourth-order valence-electron chi connectivity index (χ4n) is 4.13. The lowest BCUT2D eigenvalue weighted by Crippen LogP contribution is -2.40. The van der Waals surface area contributed by atoms with E-state index in [1.807, 2.05) is 0 Å². The Hall–Kier alpha value is -3.62. The fraction of sp³-hybridized carbons (Fsp3) is 0.348. The summed E-state index contributed by atoms with van der Waals surface area (Å²) in [7, 11) is 0. The van der Waals surface area contributed by atoms with E-state index in [0.29, 0.717) is 43.2 Å². The first-order valence-electron chi connectivity index (χ1n) is 10.4. The van der Waals surface area contributed by atoms with Crippen LogP contribution in [0.5, 0.6) is 11.5 Å². The first-order valence-corrected chi connectivity index (χ1v) is 10.4. The normalized spacial score (nSPS) is 16.2. The summed E-state index contributed by atoms with van der Waals surface area (Å²) < 4.78 is 30.4. The van der Waals surface area contributed by atoms with Crippen molar-refractivity contribution in [1.29, 1.82) is 0 Å². The summed E-state index contributed by atoms with van der Waals surface area (Å²) in [6.07, 6.45) is 2.40. The molecule has 0 aromatic heterocycles. The van der Waals surface area contributed by atoms with Gasteiger partial charge in [0.2, 0.25) is 0 Å². The molecular formula is C23H23FN2O6. The van der Waals surface area contributed by atoms with E-state index in [0.717, 1.165) is 12.8 Å². The van der Waals surface area contributed by atoms with Crippen molar-refractivity contribution < 1.29 is 33.0 Å². The molecule has 1 aliphatic heterocycles. The van der Waals surface area contributed by atoms with E-state index < -0.39 is 35.7 Å². The second kappa shape index (κ2) is 9.25. The summed E-state index contributed by atoms with van der Waals surface area (Å²) in [5.74, 6) is -0.877. The molecule has 1 aliphatic carbocycles. The first-order chi connectivity index (χ1) is 15.5. The number of benzene rings is 2. The van der Waals surface area contributed by atoms with Crippen LogP contribution in [-0.2, 0) is 19.7 Å². The van der Waals surface area contributed by atoms with E-state index in [1.54, 1.807) is 36.4 Å². The molecule has 9 heteroatoms. The molecule has 2 aliphatic rings. The number of anilines is 1. The molecule has 0 radical (unpaired) electrons. The van der Waals surface area contributed by atoms with Crippen LogP contribution in [0, 0.1) is 5.82 Å². The molecule has 2 N–H and O–H groups in total. The molecule has 0 bridgehead atoms. The Morgan fingerprint density at radius 3 is 2.47 bits per heavy atom. The van der Waals surface area contributed by atoms with E-state index in [9.17, 15) is 18.8 Å². The minimum atomic E-state index is -1.11. The number of fused-ring (bicyclic) bond motifs is 1. The van der Waals surface area contributed by atoms with Gasteiger partial charge < -0.3 is 19.5 Å². The molecule has 168 valence electrons. The van der Waals surface area contributed by atoms with Gasteiger partial charge in [0.05, 0.1) is 5.41 Å². The Morgan fingerprint density at radius 2 is 1.72 bits per heavy atom. The zero-order valence-electron chi connectivity index (χ0n) is 17.3. The van der Waals surface area contributed by atoms with Gasteiger partial charge in [-0.3, -0.25) is 14.9 Å². The van der Waals surface area contributed by atoms with Crippen molar-refractivity contribution in [2.24, 2.45) is 0 Å². The lowest BCUT2D eigenvalue weighted by Gasteiger charge is -2.27. The van der Waals surface area contributed by atoms with E-state index in [2.05, 4.69) is 10.6 Å². The van der Waals surface area contributed by atoms with Crippen LogP contribution >= 0.6 is 0 Å². The lowest BCUT2D eigenvalue weighted by atomic mass is 9.78. The number of imide groups is 1. The summed E-state index contributed by atoms with van der Waals surface area (Å²) in [4.78, 5) is 37.1. The van der Waals surface area contributed by atoms with Gasteiger partial charge in [-0.15, -0.1) is 0 Å². The molecule has 0 atom stereocenters. The molecule has 1 saturated carbocycles. The highest BCUT2D eigenvalue weighted by Crippen LogP contribution is 2.43. The fourth-order valence-corrected chi connectivity index (χ4v) is 4.13. The van der Waals surface area contributed by atoms with Gasteiger partial charge in [-0.25, -0.2) is 9.18 Å². The van der Waals surface area contributed by atoms with E-state index in [4.69, 9.17) is 14.2 Å². The van der Waals surface area contributed by atoms with Crippen LogP contribution in [0.1, 0.15) is 31.2 Å². The number of rotatable bonds is 5. The third kappa shape index (κ3) is 4.51. The van der Waals surface area contributed by atoms with E-state index in [1.165, 1.54) is 6.07 Å². The maximum Gasteiger partial charge on any atom is 0.325 e. The van der Waals surface area contributed by atoms with Gasteiger partial charge in [0, 0.05) is 17.3 Å². The molecule has 4 rings (SSSR count). The smallest absolute Gasteiger partial charge is 0.325 e. The summed E-state index contributed by atoms with van der Waals surface area (Å²) in [6, 6.07) is 10.2. The van der Waals surface area contributed by atoms with Gasteiger partial charge in [0.1, 0.15) is 19.0 Å². The second-order valence-corrected chi connectivity index (χ2v) is 7.71. The molecule has 3 amide bonds. The number of carbonyl (C=O) groups is 3. The van der Waals surface area contributed by atoms with Crippen LogP contribution in [0.4, 0.5) is 14.9 Å². The van der Waals surface area contributed by atoms with Gasteiger partial charge in [0.25, 0.3) is 5.91 Å². The van der Waals surface area contributed by atoms with Gasteiger partial charge in [-0.05, 0) is 31.0 Å². The Balaban J connectivity index is 1.32. The summed E-state index contributed by atoms with van der Waals surface area (Å²) in [5.41, 5.74) is -0.431. The number of carbonyl (C=O) groups excluding carboxylic acids is 3. The molecule has 8 nitrogen and oxygen atoms in total. The molecule has 0 spiro atoms. The molecule has 0 saturated heterocycles. The van der Waals surface area contributed by atoms with Gasteiger partial charge in [-0.1, -0.05) is 31.0 Å². The summed E-state index contributed by atoms with van der Waals surface area (Å²) in [6.45, 7) is 0.205. The standard InChI is InChI=1S/C23H23FN2O6/c24-17-6-2-1-5-16(17)23(9-3-4-10-23)21(28)32-14-20(27)26-22(29)25-15-7-8-18-19(13-15)31-12-11-30-18/h1-2,5-8,13H,3-4,9-12,14H2,(H2,25,26,27,29). The molecule has 2 aromatic rings. The third-order valence-electron chi connectivity index (χ3n) is 5.62. The number of esters is 1. The zero-order valence-corrected chi connectivity index (χ0v) is 17.3. The predicted octanol–water partition coefficient (Wildman–Crippen LogP) is 3.30. The average Bonchev–Trinajstić information content (AvgIpc) is 3.28. The van der Waals surface area contributed by atoms with Crippen LogP contribution < -0.4 is 20.1 Å². The number of nitrogens with one attached hydrogen (secondary N) is 2. The summed E-state index contributed by atoms with van der Waals surface area (Å²) >= 11 is 0. The second-order valence-electron chi connectivity index (χ2n) is 7.71. The van der Waals surface area contributed by atoms with Gasteiger partial charge >= 0.3 is 12.0 Å². The minimum Gasteiger partial charge on any atom is -0.486 e. The van der Waals surface area contributed by atoms with E-state index in [-0.39, 0.29) is 5.56 Å². The zero-order chi connectivity index (χ0) is 22.6. The number of urea groups is 1. The van der Waals surface area contributed by atoms with Gasteiger partial charge in [0.15, 0.2) is 18.1 Å². The third-order valence-corrected chi connectivity index (χ3v) is 5.62. The summed E-state index contributed by atoms with van der Waals surface area (Å²) in [5, 5.41) is 4.62. The van der Waals surface area contributed by atoms with Crippen molar-refractivity contribution in [2.45, 2.75) is 31.1 Å². The van der Waals surface area contributed by atoms with Crippen molar-refractivity contribution in [3.05, 3.63) is 53.8 Å². The highest BCUT2D eigenvalue weighted by atomic mass is 19.1. The SMILES string of the molecule is O=C(COC(=O)C1(c2ccccc2F)CCCC1)NC(=O)Nc1ccc2c(c1)OCCO2. The Bertz CT molecular complexity index is 1030. The van der Waals surface area contributed by atoms with Crippen molar-refractivity contribution in [1.82, 2.24) is 5.32 Å². The molecule has 32 heavy (non-hydrogen) atoms. The Morgan fingerprint density at radius 1 is 1.00 bits per heavy atom. The van der Waals surface area contributed by atoms with E-state index >= 15 is 0 Å². The maximum absolute atomic E-state index is 14.4. The molecule has 0 unspecified atom stereocenters. The van der Waals surface area contributed by atoms with Crippen LogP contribution in [0.25, 0.3) is 0 Å². The van der Waals surface area contributed by atoms with Crippen molar-refractivity contribution in [3.63, 3.8) is 0 Å². The number of hydrogen-bond donors (Lipinski definition) is 2. The number of ether oxygens (including phenoxy) is 3. The Kier molecular flexibility index (Phi) is 6.25. The average molecular weight is 442 g/mol. The van der Waals surface area contributed by atoms with Crippen molar-refractivity contribution in [2.75, 3.05) is 25.1 Å². The monoisotopic (exact) mass is 442 g/mol. The first kappa shape index (κ1) is 21.6. The highest BCUT2D eigenvalue weighted by molar-refractivity contribution is 6.02. The van der Waals surface area contributed by atoms with Crippen LogP contribution in [0.15, 0.2) is 42.5 Å². The largest absolute Gasteiger partial charge is 0.486 e. The topological polar surface area (TPSA) is 103 Å². The maximum atomic E-state index is 14.4. The van der Waals surface area contributed by atoms with Gasteiger partial charge in [-0.2, -0.15) is 0 Å². The number of halogens is 1. The molecule has 2 aromatic carbocycles. The van der Waals surface area contributed by atoms with Crippen LogP contribution in [0.2, 0.25) is 0 Å². The Labute approximate surface area is 184 Å². The highest BCUT2D eigenvalue weighted by Gasteiger charge is 2.46. The molecule has 1 heterocycles. The van der Waals surface area contributed by atoms with Crippen molar-refractivity contribution >= 4 is 23.6 Å². The number of amides is 3. The van der Waals surface area contributed by atoms with Crippen molar-refractivity contribution in [3.8, 4) is 11.5 Å². The lowest BCUT2D eigenvalue weighted by molar-refractivity contribution is -0.154. The predicted molar refractivity (Wildman–Crippen MR) is 112 cm³/mol. The van der Waals surface area contributed by atoms with Crippen LogP contribution in [0.3, 0.4) is 0 Å².